The number of carbonyl (C=O) groups is 1. The summed E-state index contributed by atoms with van der Waals surface area (Å²) in [6.07, 6.45) is 5.69. The lowest BCUT2D eigenvalue weighted by Crippen LogP contribution is -2.38. The topological polar surface area (TPSA) is 54.6 Å². The van der Waals surface area contributed by atoms with Crippen LogP contribution in [0.1, 0.15) is 55.7 Å². The number of hydrogen-bond donors (Lipinski definition) is 1. The molecular formula is C26H30N2O3. The van der Waals surface area contributed by atoms with Gasteiger partial charge in [0.1, 0.15) is 0 Å². The van der Waals surface area contributed by atoms with Crippen LogP contribution in [0.2, 0.25) is 0 Å². The molecular weight excluding hydrogens is 388 g/mol. The van der Waals surface area contributed by atoms with Gasteiger partial charge in [-0.1, -0.05) is 38.1 Å². The summed E-state index contributed by atoms with van der Waals surface area (Å²) >= 11 is 0. The molecule has 0 unspecified atom stereocenters. The van der Waals surface area contributed by atoms with Crippen LogP contribution in [-0.4, -0.2) is 35.7 Å². The molecule has 1 fully saturated rings. The van der Waals surface area contributed by atoms with Gasteiger partial charge in [0.15, 0.2) is 11.5 Å². The van der Waals surface area contributed by atoms with Crippen LogP contribution >= 0.6 is 0 Å². The molecule has 0 bridgehead atoms. The van der Waals surface area contributed by atoms with Gasteiger partial charge in [-0.15, -0.1) is 0 Å². The molecule has 31 heavy (non-hydrogen) atoms. The third-order valence-electron chi connectivity index (χ3n) is 6.90. The average Bonchev–Trinajstić information content (AvgIpc) is 3.44. The molecule has 1 aromatic heterocycles. The van der Waals surface area contributed by atoms with Crippen LogP contribution in [0, 0.1) is 5.92 Å². The summed E-state index contributed by atoms with van der Waals surface area (Å²) in [4.78, 5) is 18.9. The fourth-order valence-corrected chi connectivity index (χ4v) is 4.92. The zero-order chi connectivity index (χ0) is 21.4. The normalized spacial score (nSPS) is 17.3. The number of nitrogens with one attached hydrogen (secondary N) is 1. The molecule has 5 rings (SSSR count). The molecule has 2 aromatic carbocycles. The van der Waals surface area contributed by atoms with Crippen LogP contribution in [-0.2, 0) is 11.2 Å². The maximum atomic E-state index is 13.3. The zero-order valence-corrected chi connectivity index (χ0v) is 18.3. The summed E-state index contributed by atoms with van der Waals surface area (Å²) in [5.41, 5.74) is 4.73. The summed E-state index contributed by atoms with van der Waals surface area (Å²) in [6, 6.07) is 12.5. The zero-order valence-electron chi connectivity index (χ0n) is 18.3. The van der Waals surface area contributed by atoms with Crippen molar-refractivity contribution < 1.29 is 14.3 Å². The van der Waals surface area contributed by atoms with E-state index in [2.05, 4.69) is 49.3 Å². The predicted octanol–water partition coefficient (Wildman–Crippen LogP) is 5.24. The molecule has 2 aliphatic heterocycles. The number of amides is 1. The van der Waals surface area contributed by atoms with E-state index in [1.54, 1.807) is 0 Å². The van der Waals surface area contributed by atoms with E-state index in [1.807, 2.05) is 17.0 Å². The first-order chi connectivity index (χ1) is 15.1. The minimum Gasteiger partial charge on any atom is -0.454 e. The van der Waals surface area contributed by atoms with Crippen LogP contribution in [0.15, 0.2) is 42.6 Å². The Kier molecular flexibility index (Phi) is 5.34. The minimum atomic E-state index is -0.0396. The number of rotatable bonds is 5. The highest BCUT2D eigenvalue weighted by molar-refractivity contribution is 5.88. The fraction of sp³-hybridized carbons (Fsp3) is 0.423. The number of ether oxygens (including phenoxy) is 2. The Morgan fingerprint density at radius 1 is 1.16 bits per heavy atom. The minimum absolute atomic E-state index is 0.0396. The van der Waals surface area contributed by atoms with E-state index in [-0.39, 0.29) is 18.6 Å². The SMILES string of the molecule is CCc1cccc2c([C@H](CC(=O)N3CCC(C)CC3)c3ccc4c(c3)OCO4)c[nH]c12. The molecule has 0 saturated carbocycles. The lowest BCUT2D eigenvalue weighted by Gasteiger charge is -2.31. The second-order valence-electron chi connectivity index (χ2n) is 8.87. The number of H-pyrrole nitrogens is 1. The first kappa shape index (κ1) is 20.0. The van der Waals surface area contributed by atoms with Gasteiger partial charge in [-0.3, -0.25) is 4.79 Å². The highest BCUT2D eigenvalue weighted by atomic mass is 16.7. The summed E-state index contributed by atoms with van der Waals surface area (Å²) < 4.78 is 11.1. The number of piperidine rings is 1. The van der Waals surface area contributed by atoms with Crippen molar-refractivity contribution in [2.24, 2.45) is 5.92 Å². The van der Waals surface area contributed by atoms with Gasteiger partial charge in [-0.2, -0.15) is 0 Å². The Morgan fingerprint density at radius 3 is 2.77 bits per heavy atom. The van der Waals surface area contributed by atoms with Gasteiger partial charge in [0.05, 0.1) is 0 Å². The van der Waals surface area contributed by atoms with Crippen LogP contribution < -0.4 is 9.47 Å². The Labute approximate surface area is 183 Å². The quantitative estimate of drug-likeness (QED) is 0.616. The van der Waals surface area contributed by atoms with E-state index in [1.165, 1.54) is 22.0 Å². The molecule has 3 heterocycles. The van der Waals surface area contributed by atoms with Crippen molar-refractivity contribution >= 4 is 16.8 Å². The van der Waals surface area contributed by atoms with Gasteiger partial charge in [0.2, 0.25) is 12.7 Å². The van der Waals surface area contributed by atoms with Crippen molar-refractivity contribution in [3.8, 4) is 11.5 Å². The first-order valence-corrected chi connectivity index (χ1v) is 11.4. The lowest BCUT2D eigenvalue weighted by atomic mass is 9.86. The number of aromatic amines is 1. The van der Waals surface area contributed by atoms with Crippen molar-refractivity contribution in [3.63, 3.8) is 0 Å². The fourth-order valence-electron chi connectivity index (χ4n) is 4.92. The second kappa shape index (κ2) is 8.29. The number of aryl methyl sites for hydroxylation is 1. The van der Waals surface area contributed by atoms with Crippen molar-refractivity contribution in [1.29, 1.82) is 0 Å². The van der Waals surface area contributed by atoms with Crippen LogP contribution in [0.25, 0.3) is 10.9 Å². The summed E-state index contributed by atoms with van der Waals surface area (Å²) in [6.45, 7) is 6.42. The molecule has 3 aromatic rings. The van der Waals surface area contributed by atoms with Gasteiger partial charge < -0.3 is 19.4 Å². The van der Waals surface area contributed by atoms with E-state index >= 15 is 0 Å². The number of aromatic nitrogens is 1. The summed E-state index contributed by atoms with van der Waals surface area (Å²) in [5, 5.41) is 1.20. The molecule has 1 amide bonds. The third kappa shape index (κ3) is 3.78. The highest BCUT2D eigenvalue weighted by Gasteiger charge is 2.28. The third-order valence-corrected chi connectivity index (χ3v) is 6.90. The Hall–Kier alpha value is -2.95. The number of likely N-dealkylation sites (tertiary alicyclic amines) is 1. The standard InChI is InChI=1S/C26H30N2O3/c1-3-18-5-4-6-20-22(15-27-26(18)20)21(14-25(29)28-11-9-17(2)10-12-28)19-7-8-23-24(13-19)31-16-30-23/h4-8,13,15,17,21,27H,3,9-12,14,16H2,1-2H3/t21-/m1/s1. The molecule has 1 N–H and O–H groups in total. The van der Waals surface area contributed by atoms with E-state index in [9.17, 15) is 4.79 Å². The smallest absolute Gasteiger partial charge is 0.231 e. The second-order valence-corrected chi connectivity index (χ2v) is 8.87. The Morgan fingerprint density at radius 2 is 1.97 bits per heavy atom. The molecule has 5 nitrogen and oxygen atoms in total. The maximum absolute atomic E-state index is 13.3. The number of hydrogen-bond acceptors (Lipinski definition) is 3. The number of para-hydroxylation sites is 1. The van der Waals surface area contributed by atoms with Gasteiger partial charge in [-0.25, -0.2) is 0 Å². The number of fused-ring (bicyclic) bond motifs is 2. The predicted molar refractivity (Wildman–Crippen MR) is 122 cm³/mol. The van der Waals surface area contributed by atoms with Gasteiger partial charge in [-0.05, 0) is 54.0 Å². The van der Waals surface area contributed by atoms with Gasteiger partial charge in [0.25, 0.3) is 0 Å². The Bertz CT molecular complexity index is 1100. The molecule has 0 radical (unpaired) electrons. The monoisotopic (exact) mass is 418 g/mol. The Balaban J connectivity index is 1.53. The maximum Gasteiger partial charge on any atom is 0.231 e. The van der Waals surface area contributed by atoms with E-state index in [4.69, 9.17) is 9.47 Å². The summed E-state index contributed by atoms with van der Waals surface area (Å²) in [7, 11) is 0. The number of nitrogens with zero attached hydrogens (tertiary/aromatic N) is 1. The van der Waals surface area contributed by atoms with Gasteiger partial charge >= 0.3 is 0 Å². The molecule has 5 heteroatoms. The largest absolute Gasteiger partial charge is 0.454 e. The number of carbonyl (C=O) groups excluding carboxylic acids is 1. The van der Waals surface area contributed by atoms with Crippen LogP contribution in [0.5, 0.6) is 11.5 Å². The number of benzene rings is 2. The van der Waals surface area contributed by atoms with Crippen LogP contribution in [0.4, 0.5) is 0 Å². The van der Waals surface area contributed by atoms with Crippen molar-refractivity contribution in [3.05, 3.63) is 59.3 Å². The molecule has 1 saturated heterocycles. The average molecular weight is 419 g/mol. The van der Waals surface area contributed by atoms with Gasteiger partial charge in [0, 0.05) is 42.5 Å². The van der Waals surface area contributed by atoms with E-state index in [0.717, 1.165) is 49.4 Å². The molecule has 162 valence electrons. The molecule has 0 spiro atoms. The van der Waals surface area contributed by atoms with Crippen LogP contribution in [0.3, 0.4) is 0 Å². The van der Waals surface area contributed by atoms with E-state index < -0.39 is 0 Å². The van der Waals surface area contributed by atoms with Crippen molar-refractivity contribution in [1.82, 2.24) is 9.88 Å². The van der Waals surface area contributed by atoms with E-state index in [0.29, 0.717) is 12.3 Å². The molecule has 0 aliphatic carbocycles. The first-order valence-electron chi connectivity index (χ1n) is 11.4. The highest BCUT2D eigenvalue weighted by Crippen LogP contribution is 2.40. The molecule has 2 aliphatic rings. The van der Waals surface area contributed by atoms with Crippen molar-refractivity contribution in [2.75, 3.05) is 19.9 Å². The lowest BCUT2D eigenvalue weighted by molar-refractivity contribution is -0.132. The summed E-state index contributed by atoms with van der Waals surface area (Å²) in [5.74, 6) is 2.43. The molecule has 1 atom stereocenters. The van der Waals surface area contributed by atoms with Crippen molar-refractivity contribution in [2.45, 2.75) is 45.4 Å².